The number of rotatable bonds is 2. The van der Waals surface area contributed by atoms with Crippen molar-refractivity contribution in [1.29, 1.82) is 0 Å². The van der Waals surface area contributed by atoms with E-state index in [0.717, 1.165) is 0 Å². The van der Waals surface area contributed by atoms with Gasteiger partial charge >= 0.3 is 6.85 Å². The molecule has 4 heterocycles. The van der Waals surface area contributed by atoms with Crippen LogP contribution in [0.4, 0.5) is 11.4 Å². The maximum Gasteiger partial charge on any atom is 0.333 e. The molecule has 3 aliphatic rings. The summed E-state index contributed by atoms with van der Waals surface area (Å²) in [5.41, 5.74) is 22.1. The standard InChI is InChI=1S/C59H56BN3/c1-56(2,3)35-25-28-39(29-26-35)62-49-33-37(58(7,8)9)32-42-43-34-48-50(41-22-16-18-24-46(41)61(48)38-19-13-12-14-20-38)51-44-31-36(57(4,5)6)27-30-47(44)63(54(43)51)60(52(42)49)53-40-21-15-17-23-45(40)59(10,11)55(53)62/h12-34H,1-11H3. The molecule has 12 rings (SSSR count). The lowest BCUT2D eigenvalue weighted by molar-refractivity contribution is 0.589. The highest BCUT2D eigenvalue weighted by Gasteiger charge is 2.53. The van der Waals surface area contributed by atoms with Gasteiger partial charge in [-0.2, -0.15) is 0 Å². The summed E-state index contributed by atoms with van der Waals surface area (Å²) in [7, 11) is 0. The Labute approximate surface area is 372 Å². The SMILES string of the molecule is CC(C)(C)c1ccc(N2C3=C(B4c5c(cc(C(C)(C)C)cc52)-c2cc5c(c6ccccc6n5-c5ccccc5)c5c6cc(C(C)(C)C)ccc6n4c25)c2ccccc2C3(C)C)cc1. The molecule has 7 aromatic carbocycles. The van der Waals surface area contributed by atoms with Crippen molar-refractivity contribution in [2.24, 2.45) is 0 Å². The minimum absolute atomic E-state index is 0.0205. The second-order valence-electron chi connectivity index (χ2n) is 22.3. The van der Waals surface area contributed by atoms with Crippen molar-refractivity contribution in [3.8, 4) is 16.8 Å². The molecule has 2 aromatic heterocycles. The van der Waals surface area contributed by atoms with Gasteiger partial charge in [-0.05, 0) is 115 Å². The number of para-hydroxylation sites is 2. The molecule has 1 aliphatic carbocycles. The van der Waals surface area contributed by atoms with Gasteiger partial charge in [0.1, 0.15) is 0 Å². The molecule has 9 aromatic rings. The lowest BCUT2D eigenvalue weighted by atomic mass is 9.43. The summed E-state index contributed by atoms with van der Waals surface area (Å²) in [4.78, 5) is 2.68. The van der Waals surface area contributed by atoms with Crippen LogP contribution in [0.5, 0.6) is 0 Å². The first-order valence-corrected chi connectivity index (χ1v) is 23.0. The Bertz CT molecular complexity index is 3460. The first kappa shape index (κ1) is 38.4. The average Bonchev–Trinajstić information content (AvgIpc) is 3.85. The van der Waals surface area contributed by atoms with Gasteiger partial charge in [-0.1, -0.05) is 161 Å². The zero-order chi connectivity index (χ0) is 43.7. The topological polar surface area (TPSA) is 13.1 Å². The van der Waals surface area contributed by atoms with E-state index in [-0.39, 0.29) is 28.5 Å². The highest BCUT2D eigenvalue weighted by atomic mass is 15.2. The van der Waals surface area contributed by atoms with Gasteiger partial charge < -0.3 is 13.9 Å². The molecule has 4 heteroatoms. The van der Waals surface area contributed by atoms with Crippen molar-refractivity contribution < 1.29 is 0 Å². The van der Waals surface area contributed by atoms with Crippen LogP contribution in [0.1, 0.15) is 104 Å². The molecule has 310 valence electrons. The van der Waals surface area contributed by atoms with Crippen LogP contribution in [0.25, 0.3) is 65.9 Å². The molecule has 2 aliphatic heterocycles. The predicted octanol–water partition coefficient (Wildman–Crippen LogP) is 14.9. The predicted molar refractivity (Wildman–Crippen MR) is 271 cm³/mol. The van der Waals surface area contributed by atoms with Crippen LogP contribution in [0.3, 0.4) is 0 Å². The third kappa shape index (κ3) is 5.15. The van der Waals surface area contributed by atoms with Crippen molar-refractivity contribution in [3.63, 3.8) is 0 Å². The normalized spacial score (nSPS) is 15.5. The van der Waals surface area contributed by atoms with Gasteiger partial charge in [-0.25, -0.2) is 0 Å². The van der Waals surface area contributed by atoms with E-state index in [0.29, 0.717) is 0 Å². The maximum absolute atomic E-state index is 2.79. The molecule has 0 unspecified atom stereocenters. The molecule has 0 atom stereocenters. The van der Waals surface area contributed by atoms with Crippen molar-refractivity contribution in [1.82, 2.24) is 9.05 Å². The van der Waals surface area contributed by atoms with Gasteiger partial charge in [-0.3, -0.25) is 0 Å². The quantitative estimate of drug-likeness (QED) is 0.158. The second-order valence-corrected chi connectivity index (χ2v) is 22.3. The van der Waals surface area contributed by atoms with Crippen molar-refractivity contribution >= 4 is 72.8 Å². The van der Waals surface area contributed by atoms with Gasteiger partial charge in [0.25, 0.3) is 0 Å². The van der Waals surface area contributed by atoms with Crippen molar-refractivity contribution in [2.75, 3.05) is 4.90 Å². The number of nitrogens with zero attached hydrogens (tertiary/aromatic N) is 3. The first-order chi connectivity index (χ1) is 29.9. The average molecular weight is 818 g/mol. The number of benzene rings is 7. The lowest BCUT2D eigenvalue weighted by Crippen LogP contribution is -2.50. The molecule has 0 N–H and O–H groups in total. The van der Waals surface area contributed by atoms with E-state index in [1.807, 2.05) is 0 Å². The molecular formula is C59H56BN3. The summed E-state index contributed by atoms with van der Waals surface area (Å²) in [6.07, 6.45) is 0. The lowest BCUT2D eigenvalue weighted by Gasteiger charge is -2.44. The summed E-state index contributed by atoms with van der Waals surface area (Å²) < 4.78 is 5.31. The van der Waals surface area contributed by atoms with E-state index >= 15 is 0 Å². The second kappa shape index (κ2) is 12.5. The van der Waals surface area contributed by atoms with Crippen molar-refractivity contribution in [3.05, 3.63) is 173 Å². The molecule has 0 radical (unpaired) electrons. The summed E-state index contributed by atoms with van der Waals surface area (Å²) in [5, 5.41) is 5.31. The van der Waals surface area contributed by atoms with Crippen LogP contribution in [-0.4, -0.2) is 15.9 Å². The molecule has 0 saturated carbocycles. The number of fused-ring (bicyclic) bond motifs is 12. The third-order valence-electron chi connectivity index (χ3n) is 14.9. The number of anilines is 2. The molecule has 3 nitrogen and oxygen atoms in total. The molecule has 0 saturated heterocycles. The Hall–Kier alpha value is -6.26. The van der Waals surface area contributed by atoms with E-state index in [1.54, 1.807) is 0 Å². The van der Waals surface area contributed by atoms with Crippen LogP contribution in [-0.2, 0) is 21.7 Å². The maximum atomic E-state index is 2.79. The first-order valence-electron chi connectivity index (χ1n) is 23.0. The van der Waals surface area contributed by atoms with E-state index in [9.17, 15) is 0 Å². The van der Waals surface area contributed by atoms with Gasteiger partial charge in [0.2, 0.25) is 0 Å². The molecule has 0 bridgehead atoms. The zero-order valence-corrected chi connectivity index (χ0v) is 38.7. The molecule has 63 heavy (non-hydrogen) atoms. The van der Waals surface area contributed by atoms with Gasteiger partial charge in [0, 0.05) is 66.3 Å². The number of allylic oxidation sites excluding steroid dienone is 1. The van der Waals surface area contributed by atoms with E-state index in [1.165, 1.54) is 116 Å². The number of hydrogen-bond acceptors (Lipinski definition) is 1. The highest BCUT2D eigenvalue weighted by Crippen LogP contribution is 2.58. The Morgan fingerprint density at radius 2 is 1.13 bits per heavy atom. The van der Waals surface area contributed by atoms with Gasteiger partial charge in [0.05, 0.1) is 11.0 Å². The summed E-state index contributed by atoms with van der Waals surface area (Å²) in [5.74, 6) is 0. The van der Waals surface area contributed by atoms with Crippen LogP contribution in [0, 0.1) is 0 Å². The molecule has 0 spiro atoms. The van der Waals surface area contributed by atoms with E-state index < -0.39 is 0 Å². The fourth-order valence-corrected chi connectivity index (χ4v) is 11.7. The minimum atomic E-state index is -0.265. The smallest absolute Gasteiger partial charge is 0.333 e. The Morgan fingerprint density at radius 1 is 0.476 bits per heavy atom. The fourth-order valence-electron chi connectivity index (χ4n) is 11.7. The number of hydrogen-bond donors (Lipinski definition) is 0. The molecule has 0 fully saturated rings. The minimum Gasteiger partial charge on any atom is -0.375 e. The van der Waals surface area contributed by atoms with Crippen molar-refractivity contribution in [2.45, 2.75) is 97.8 Å². The summed E-state index contributed by atoms with van der Waals surface area (Å²) >= 11 is 0. The van der Waals surface area contributed by atoms with Crippen LogP contribution >= 0.6 is 0 Å². The highest BCUT2D eigenvalue weighted by molar-refractivity contribution is 6.93. The van der Waals surface area contributed by atoms with E-state index in [2.05, 4.69) is 230 Å². The summed E-state index contributed by atoms with van der Waals surface area (Å²) in [6.45, 7) is 26.0. The third-order valence-corrected chi connectivity index (χ3v) is 14.9. The Kier molecular flexibility index (Phi) is 7.61. The molecular weight excluding hydrogens is 761 g/mol. The fraction of sp³-hybridized carbons (Fsp3) is 0.254. The molecule has 0 amide bonds. The largest absolute Gasteiger partial charge is 0.375 e. The number of aromatic nitrogens is 2. The monoisotopic (exact) mass is 817 g/mol. The Morgan fingerprint density at radius 3 is 1.84 bits per heavy atom. The van der Waals surface area contributed by atoms with Gasteiger partial charge in [0.15, 0.2) is 0 Å². The van der Waals surface area contributed by atoms with Crippen LogP contribution in [0.2, 0.25) is 0 Å². The van der Waals surface area contributed by atoms with E-state index in [4.69, 9.17) is 0 Å². The zero-order valence-electron chi connectivity index (χ0n) is 38.7. The summed E-state index contributed by atoms with van der Waals surface area (Å²) in [6, 6.07) is 53.9. The Balaban J connectivity index is 1.32. The van der Waals surface area contributed by atoms with Crippen LogP contribution < -0.4 is 10.4 Å². The van der Waals surface area contributed by atoms with Gasteiger partial charge in [-0.15, -0.1) is 0 Å². The van der Waals surface area contributed by atoms with Crippen LogP contribution in [0.15, 0.2) is 145 Å².